The third-order valence-corrected chi connectivity index (χ3v) is 2.40. The van der Waals surface area contributed by atoms with Gasteiger partial charge in [0.25, 0.3) is 0 Å². The van der Waals surface area contributed by atoms with Crippen molar-refractivity contribution >= 4 is 19.5 Å². The number of esters is 1. The summed E-state index contributed by atoms with van der Waals surface area (Å²) >= 11 is 0. The smallest absolute Gasteiger partial charge is 0.399 e. The van der Waals surface area contributed by atoms with Crippen molar-refractivity contribution < 1.29 is 33.9 Å². The molecule has 0 aliphatic rings. The summed E-state index contributed by atoms with van der Waals surface area (Å²) in [5.41, 5.74) is 0. The molecule has 8 nitrogen and oxygen atoms in total. The van der Waals surface area contributed by atoms with E-state index >= 15 is 0 Å². The number of hydroxylamine groups is 2. The number of rotatable bonds is 5. The van der Waals surface area contributed by atoms with Gasteiger partial charge in [0.15, 0.2) is 0 Å². The topological polar surface area (TPSA) is 124 Å². The third-order valence-electron chi connectivity index (χ3n) is 1.50. The van der Waals surface area contributed by atoms with Crippen LogP contribution >= 0.6 is 7.60 Å². The lowest BCUT2D eigenvalue weighted by molar-refractivity contribution is -0.180. The molecule has 0 rings (SSSR count). The molecule has 94 valence electrons. The van der Waals surface area contributed by atoms with Gasteiger partial charge >= 0.3 is 19.5 Å². The standard InChI is InChI=1S/C7H14NO7P/c1-2-15-7(10)6(9)8(11)4-3-5-16(12,13)14/h11H,2-5H2,1H3,(H2,12,13,14). The highest BCUT2D eigenvalue weighted by atomic mass is 31.2. The molecule has 0 aliphatic heterocycles. The summed E-state index contributed by atoms with van der Waals surface area (Å²) in [4.78, 5) is 38.8. The lowest BCUT2D eigenvalue weighted by atomic mass is 10.4. The molecule has 16 heavy (non-hydrogen) atoms. The van der Waals surface area contributed by atoms with Gasteiger partial charge in [0, 0.05) is 6.54 Å². The third kappa shape index (κ3) is 6.52. The Morgan fingerprint density at radius 3 is 2.38 bits per heavy atom. The van der Waals surface area contributed by atoms with Gasteiger partial charge in [-0.1, -0.05) is 0 Å². The summed E-state index contributed by atoms with van der Waals surface area (Å²) in [6.45, 7) is 1.16. The Morgan fingerprint density at radius 2 is 1.94 bits per heavy atom. The van der Waals surface area contributed by atoms with Gasteiger partial charge in [-0.3, -0.25) is 14.6 Å². The first-order chi connectivity index (χ1) is 7.28. The lowest BCUT2D eigenvalue weighted by Gasteiger charge is -2.13. The number of ether oxygens (including phenoxy) is 1. The molecule has 1 amide bonds. The molecule has 3 N–H and O–H groups in total. The molecule has 0 unspecified atom stereocenters. The van der Waals surface area contributed by atoms with E-state index in [4.69, 9.17) is 15.0 Å². The fourth-order valence-corrected chi connectivity index (χ4v) is 1.38. The van der Waals surface area contributed by atoms with Gasteiger partial charge in [0.2, 0.25) is 0 Å². The van der Waals surface area contributed by atoms with Crippen LogP contribution in [0.4, 0.5) is 0 Å². The fourth-order valence-electron chi connectivity index (χ4n) is 0.826. The van der Waals surface area contributed by atoms with Crippen LogP contribution in [0, 0.1) is 0 Å². The molecule has 0 bridgehead atoms. The second kappa shape index (κ2) is 6.59. The van der Waals surface area contributed by atoms with Crippen molar-refractivity contribution in [2.75, 3.05) is 19.3 Å². The predicted octanol–water partition coefficient (Wildman–Crippen LogP) is -0.665. The summed E-state index contributed by atoms with van der Waals surface area (Å²) < 4.78 is 14.8. The number of hydrogen-bond donors (Lipinski definition) is 3. The Labute approximate surface area is 91.9 Å². The first-order valence-corrected chi connectivity index (χ1v) is 6.29. The zero-order chi connectivity index (χ0) is 12.8. The minimum absolute atomic E-state index is 0.000888. The van der Waals surface area contributed by atoms with Crippen LogP contribution < -0.4 is 0 Å². The summed E-state index contributed by atoms with van der Waals surface area (Å²) in [6.07, 6.45) is -0.591. The van der Waals surface area contributed by atoms with Crippen LogP contribution in [0.1, 0.15) is 13.3 Å². The van der Waals surface area contributed by atoms with Crippen molar-refractivity contribution in [2.24, 2.45) is 0 Å². The monoisotopic (exact) mass is 255 g/mol. The molecule has 0 heterocycles. The summed E-state index contributed by atoms with van der Waals surface area (Å²) in [5.74, 6) is -2.46. The average Bonchev–Trinajstić information content (AvgIpc) is 2.14. The molecule has 9 heteroatoms. The van der Waals surface area contributed by atoms with Crippen molar-refractivity contribution in [3.63, 3.8) is 0 Å². The summed E-state index contributed by atoms with van der Waals surface area (Å²) in [5, 5.41) is 9.12. The van der Waals surface area contributed by atoms with E-state index in [1.807, 2.05) is 0 Å². The summed E-state index contributed by atoms with van der Waals surface area (Å²) in [6, 6.07) is 0. The quantitative estimate of drug-likeness (QED) is 0.196. The van der Waals surface area contributed by atoms with Gasteiger partial charge in [-0.25, -0.2) is 9.86 Å². The van der Waals surface area contributed by atoms with Crippen molar-refractivity contribution in [2.45, 2.75) is 13.3 Å². The van der Waals surface area contributed by atoms with E-state index in [0.29, 0.717) is 0 Å². The van der Waals surface area contributed by atoms with Gasteiger partial charge in [-0.05, 0) is 13.3 Å². The van der Waals surface area contributed by atoms with Crippen LogP contribution in [0.25, 0.3) is 0 Å². The highest BCUT2D eigenvalue weighted by Crippen LogP contribution is 2.34. The lowest BCUT2D eigenvalue weighted by Crippen LogP contribution is -2.36. The van der Waals surface area contributed by atoms with E-state index in [-0.39, 0.29) is 24.6 Å². The molecular weight excluding hydrogens is 241 g/mol. The maximum absolute atomic E-state index is 11.0. The molecule has 0 radical (unpaired) electrons. The predicted molar refractivity (Wildman–Crippen MR) is 51.7 cm³/mol. The van der Waals surface area contributed by atoms with Gasteiger partial charge in [0.05, 0.1) is 12.8 Å². The second-order valence-electron chi connectivity index (χ2n) is 2.89. The minimum atomic E-state index is -4.15. The van der Waals surface area contributed by atoms with Gasteiger partial charge in [-0.2, -0.15) is 0 Å². The van der Waals surface area contributed by atoms with E-state index in [1.54, 1.807) is 0 Å². The number of amides is 1. The molecule has 0 saturated heterocycles. The Bertz CT molecular complexity index is 299. The average molecular weight is 255 g/mol. The Balaban J connectivity index is 3.97. The normalized spacial score (nSPS) is 11.0. The van der Waals surface area contributed by atoms with E-state index in [0.717, 1.165) is 0 Å². The number of nitrogens with zero attached hydrogens (tertiary/aromatic N) is 1. The molecule has 0 aromatic carbocycles. The van der Waals surface area contributed by atoms with Gasteiger partial charge in [0.1, 0.15) is 0 Å². The SMILES string of the molecule is CCOC(=O)C(=O)N(O)CCCP(=O)(O)O. The van der Waals surface area contributed by atoms with Crippen molar-refractivity contribution in [1.82, 2.24) is 5.06 Å². The zero-order valence-electron chi connectivity index (χ0n) is 8.70. The van der Waals surface area contributed by atoms with Crippen LogP contribution in [0.5, 0.6) is 0 Å². The molecule has 0 saturated carbocycles. The maximum atomic E-state index is 11.0. The fraction of sp³-hybridized carbons (Fsp3) is 0.714. The zero-order valence-corrected chi connectivity index (χ0v) is 9.59. The van der Waals surface area contributed by atoms with Crippen LogP contribution in [-0.2, 0) is 18.9 Å². The summed E-state index contributed by atoms with van der Waals surface area (Å²) in [7, 11) is -4.15. The maximum Gasteiger partial charge on any atom is 0.399 e. The first kappa shape index (κ1) is 15.0. The van der Waals surface area contributed by atoms with E-state index < -0.39 is 25.6 Å². The Hall–Kier alpha value is -0.950. The molecule has 0 fully saturated rings. The molecule has 0 spiro atoms. The van der Waals surface area contributed by atoms with Gasteiger partial charge in [-0.15, -0.1) is 0 Å². The highest BCUT2D eigenvalue weighted by Gasteiger charge is 2.22. The van der Waals surface area contributed by atoms with Crippen molar-refractivity contribution in [3.8, 4) is 0 Å². The highest BCUT2D eigenvalue weighted by molar-refractivity contribution is 7.51. The largest absolute Gasteiger partial charge is 0.459 e. The van der Waals surface area contributed by atoms with E-state index in [1.165, 1.54) is 6.92 Å². The second-order valence-corrected chi connectivity index (χ2v) is 4.67. The first-order valence-electron chi connectivity index (χ1n) is 4.50. The molecule has 0 atom stereocenters. The number of hydrogen-bond acceptors (Lipinski definition) is 5. The Morgan fingerprint density at radius 1 is 1.38 bits per heavy atom. The van der Waals surface area contributed by atoms with Crippen LogP contribution in [0.2, 0.25) is 0 Å². The van der Waals surface area contributed by atoms with Gasteiger partial charge < -0.3 is 14.5 Å². The van der Waals surface area contributed by atoms with Crippen LogP contribution in [0.3, 0.4) is 0 Å². The minimum Gasteiger partial charge on any atom is -0.459 e. The molecule has 0 aromatic rings. The van der Waals surface area contributed by atoms with E-state index in [2.05, 4.69) is 4.74 Å². The molecule has 0 aliphatic carbocycles. The Kier molecular flexibility index (Phi) is 6.20. The molecule has 0 aromatic heterocycles. The van der Waals surface area contributed by atoms with Crippen molar-refractivity contribution in [1.29, 1.82) is 0 Å². The number of carbonyl (C=O) groups excluding carboxylic acids is 2. The van der Waals surface area contributed by atoms with Crippen LogP contribution in [0.15, 0.2) is 0 Å². The van der Waals surface area contributed by atoms with Crippen molar-refractivity contribution in [3.05, 3.63) is 0 Å². The number of carbonyl (C=O) groups is 2. The molecular formula is C7H14NO7P. The van der Waals surface area contributed by atoms with E-state index in [9.17, 15) is 14.2 Å². The van der Waals surface area contributed by atoms with Crippen LogP contribution in [-0.4, -0.2) is 51.2 Å².